The van der Waals surface area contributed by atoms with Crippen molar-refractivity contribution in [2.45, 2.75) is 64.9 Å². The highest BCUT2D eigenvalue weighted by atomic mass is 35.5. The second-order valence-corrected chi connectivity index (χ2v) is 12.9. The van der Waals surface area contributed by atoms with Crippen LogP contribution < -0.4 is 18.9 Å². The van der Waals surface area contributed by atoms with Gasteiger partial charge in [-0.05, 0) is 80.5 Å². The SMILES string of the molecule is COc1ccc(CN(CC(=O)O[C@@H](Cc2c(Cl)cncc2Cl)c2ccc(OC(F)F)c(OCC3CC3)c2)C(=O)OC(C)(C)C)cc1OC. The summed E-state index contributed by atoms with van der Waals surface area (Å²) < 4.78 is 59.2. The van der Waals surface area contributed by atoms with Gasteiger partial charge in [0, 0.05) is 25.4 Å². The number of nitrogens with zero attached hydrogens (tertiary/aromatic N) is 2. The molecule has 1 amide bonds. The van der Waals surface area contributed by atoms with Crippen molar-refractivity contribution >= 4 is 35.3 Å². The van der Waals surface area contributed by atoms with Crippen LogP contribution in [-0.2, 0) is 27.2 Å². The van der Waals surface area contributed by atoms with Gasteiger partial charge in [0.1, 0.15) is 18.2 Å². The van der Waals surface area contributed by atoms with Crippen LogP contribution in [0.4, 0.5) is 13.6 Å². The lowest BCUT2D eigenvalue weighted by molar-refractivity contribution is -0.150. The molecule has 1 heterocycles. The normalized spacial score (nSPS) is 13.5. The molecule has 4 rings (SSSR count). The van der Waals surface area contributed by atoms with Crippen LogP contribution in [0.25, 0.3) is 0 Å². The fourth-order valence-electron chi connectivity index (χ4n) is 4.63. The summed E-state index contributed by atoms with van der Waals surface area (Å²) >= 11 is 12.8. The molecule has 0 bridgehead atoms. The van der Waals surface area contributed by atoms with Gasteiger partial charge in [-0.1, -0.05) is 35.3 Å². The number of pyridine rings is 1. The molecule has 260 valence electrons. The summed E-state index contributed by atoms with van der Waals surface area (Å²) in [5.41, 5.74) is 0.607. The molecule has 1 aromatic heterocycles. The third-order valence-corrected chi connectivity index (χ3v) is 7.79. The van der Waals surface area contributed by atoms with Gasteiger partial charge in [0.25, 0.3) is 0 Å². The van der Waals surface area contributed by atoms with E-state index in [1.165, 1.54) is 49.7 Å². The number of amides is 1. The molecule has 48 heavy (non-hydrogen) atoms. The number of hydrogen-bond donors (Lipinski definition) is 0. The quantitative estimate of drug-likeness (QED) is 0.145. The zero-order chi connectivity index (χ0) is 35.0. The minimum atomic E-state index is -3.08. The summed E-state index contributed by atoms with van der Waals surface area (Å²) in [7, 11) is 2.99. The first-order chi connectivity index (χ1) is 22.8. The van der Waals surface area contributed by atoms with Gasteiger partial charge >= 0.3 is 18.7 Å². The summed E-state index contributed by atoms with van der Waals surface area (Å²) in [6, 6.07) is 9.39. The molecule has 1 aliphatic rings. The summed E-state index contributed by atoms with van der Waals surface area (Å²) in [4.78, 5) is 32.2. The Morgan fingerprint density at radius 1 is 0.958 bits per heavy atom. The van der Waals surface area contributed by atoms with Crippen molar-refractivity contribution in [3.63, 3.8) is 0 Å². The highest BCUT2D eigenvalue weighted by Gasteiger charge is 2.29. The van der Waals surface area contributed by atoms with Gasteiger partial charge in [0.15, 0.2) is 23.0 Å². The second kappa shape index (κ2) is 16.4. The van der Waals surface area contributed by atoms with Crippen LogP contribution in [0.5, 0.6) is 23.0 Å². The fraction of sp³-hybridized carbons (Fsp3) is 0.441. The third-order valence-electron chi connectivity index (χ3n) is 7.14. The number of aromatic nitrogens is 1. The highest BCUT2D eigenvalue weighted by Crippen LogP contribution is 2.38. The Morgan fingerprint density at radius 3 is 2.23 bits per heavy atom. The molecule has 1 atom stereocenters. The van der Waals surface area contributed by atoms with E-state index in [1.807, 2.05) is 0 Å². The molecule has 14 heteroatoms. The lowest BCUT2D eigenvalue weighted by atomic mass is 10.0. The van der Waals surface area contributed by atoms with Crippen LogP contribution in [0, 0.1) is 5.92 Å². The number of benzene rings is 2. The van der Waals surface area contributed by atoms with Gasteiger partial charge in [-0.15, -0.1) is 0 Å². The maximum Gasteiger partial charge on any atom is 0.411 e. The Kier molecular flexibility index (Phi) is 12.6. The summed E-state index contributed by atoms with van der Waals surface area (Å²) in [5.74, 6) is 0.363. The van der Waals surface area contributed by atoms with Crippen molar-refractivity contribution < 1.29 is 46.8 Å². The Hall–Kier alpha value is -4.03. The van der Waals surface area contributed by atoms with Gasteiger partial charge in [0.2, 0.25) is 0 Å². The first-order valence-corrected chi connectivity index (χ1v) is 15.9. The van der Waals surface area contributed by atoms with E-state index in [4.69, 9.17) is 46.9 Å². The van der Waals surface area contributed by atoms with E-state index < -0.39 is 36.9 Å². The average molecular weight is 712 g/mol. The van der Waals surface area contributed by atoms with Crippen LogP contribution in [0.2, 0.25) is 10.0 Å². The molecule has 1 aliphatic carbocycles. The minimum Gasteiger partial charge on any atom is -0.493 e. The largest absolute Gasteiger partial charge is 0.493 e. The number of alkyl halides is 2. The number of ether oxygens (including phenoxy) is 6. The zero-order valence-electron chi connectivity index (χ0n) is 27.3. The monoisotopic (exact) mass is 710 g/mol. The van der Waals surface area contributed by atoms with E-state index >= 15 is 0 Å². The molecular formula is C34H38Cl2F2N2O8. The average Bonchev–Trinajstić information content (AvgIpc) is 3.85. The number of hydrogen-bond acceptors (Lipinski definition) is 9. The number of halogens is 4. The molecule has 0 spiro atoms. The lowest BCUT2D eigenvalue weighted by Gasteiger charge is -2.28. The second-order valence-electron chi connectivity index (χ2n) is 12.1. The van der Waals surface area contributed by atoms with Gasteiger partial charge in [-0.3, -0.25) is 14.7 Å². The van der Waals surface area contributed by atoms with Crippen molar-refractivity contribution in [2.75, 3.05) is 27.4 Å². The van der Waals surface area contributed by atoms with Gasteiger partial charge in [0.05, 0.1) is 30.9 Å². The molecule has 0 radical (unpaired) electrons. The topological polar surface area (TPSA) is 106 Å². The van der Waals surface area contributed by atoms with Crippen molar-refractivity contribution in [3.05, 3.63) is 75.5 Å². The smallest absolute Gasteiger partial charge is 0.411 e. The molecule has 1 saturated carbocycles. The van der Waals surface area contributed by atoms with Crippen molar-refractivity contribution in [1.82, 2.24) is 9.88 Å². The maximum absolute atomic E-state index is 13.7. The first-order valence-electron chi connectivity index (χ1n) is 15.1. The Morgan fingerprint density at radius 2 is 1.62 bits per heavy atom. The Labute approximate surface area is 288 Å². The summed E-state index contributed by atoms with van der Waals surface area (Å²) in [5, 5.41) is 0.463. The van der Waals surface area contributed by atoms with Gasteiger partial charge in [-0.25, -0.2) is 4.79 Å². The molecule has 1 fully saturated rings. The third kappa shape index (κ3) is 10.7. The van der Waals surface area contributed by atoms with Gasteiger partial charge in [-0.2, -0.15) is 8.78 Å². The molecule has 0 aliphatic heterocycles. The van der Waals surface area contributed by atoms with Crippen molar-refractivity contribution in [2.24, 2.45) is 5.92 Å². The Bertz CT molecular complexity index is 1560. The highest BCUT2D eigenvalue weighted by molar-refractivity contribution is 6.35. The standard InChI is InChI=1S/C34H38Cl2F2N2O8/c1-34(2,3)48-33(42)40(17-21-8-10-26(43-4)29(12-21)44-5)18-31(41)46-28(14-23-24(35)15-39-16-25(23)36)22-9-11-27(47-32(37)38)30(13-22)45-19-20-6-7-20/h8-13,15-16,20,28,32H,6-7,14,17-19H2,1-5H3/t28-/m0/s1. The lowest BCUT2D eigenvalue weighted by Crippen LogP contribution is -2.40. The van der Waals surface area contributed by atoms with E-state index in [2.05, 4.69) is 9.72 Å². The molecule has 3 aromatic rings. The van der Waals surface area contributed by atoms with E-state index in [-0.39, 0.29) is 34.5 Å². The summed E-state index contributed by atoms with van der Waals surface area (Å²) in [6.45, 7) is 1.83. The predicted molar refractivity (Wildman–Crippen MR) is 174 cm³/mol. The molecule has 10 nitrogen and oxygen atoms in total. The molecule has 0 unspecified atom stereocenters. The maximum atomic E-state index is 13.7. The van der Waals surface area contributed by atoms with Crippen LogP contribution in [0.1, 0.15) is 56.4 Å². The van der Waals surface area contributed by atoms with Gasteiger partial charge < -0.3 is 28.4 Å². The first kappa shape index (κ1) is 36.8. The van der Waals surface area contributed by atoms with Crippen molar-refractivity contribution in [1.29, 1.82) is 0 Å². The molecular weight excluding hydrogens is 673 g/mol. The van der Waals surface area contributed by atoms with Crippen LogP contribution in [0.15, 0.2) is 48.8 Å². The number of esters is 1. The van der Waals surface area contributed by atoms with Crippen LogP contribution in [-0.4, -0.2) is 61.5 Å². The van der Waals surface area contributed by atoms with E-state index in [0.29, 0.717) is 40.7 Å². The number of rotatable bonds is 15. The zero-order valence-corrected chi connectivity index (χ0v) is 28.8. The van der Waals surface area contributed by atoms with E-state index in [1.54, 1.807) is 39.0 Å². The van der Waals surface area contributed by atoms with E-state index in [0.717, 1.165) is 12.8 Å². The Balaban J connectivity index is 1.65. The molecule has 0 N–H and O–H groups in total. The number of carbonyl (C=O) groups excluding carboxylic acids is 2. The number of carbonyl (C=O) groups is 2. The number of methoxy groups -OCH3 is 2. The van der Waals surface area contributed by atoms with Crippen LogP contribution in [0.3, 0.4) is 0 Å². The molecule has 2 aromatic carbocycles. The minimum absolute atomic E-state index is 0.00877. The van der Waals surface area contributed by atoms with Crippen molar-refractivity contribution in [3.8, 4) is 23.0 Å². The van der Waals surface area contributed by atoms with E-state index in [9.17, 15) is 18.4 Å². The summed E-state index contributed by atoms with van der Waals surface area (Å²) in [6.07, 6.45) is 2.95. The molecule has 0 saturated heterocycles. The predicted octanol–water partition coefficient (Wildman–Crippen LogP) is 8.06. The van der Waals surface area contributed by atoms with Crippen LogP contribution >= 0.6 is 23.2 Å². The fourth-order valence-corrected chi connectivity index (χ4v) is 5.15.